The predicted octanol–water partition coefficient (Wildman–Crippen LogP) is -0.444. The van der Waals surface area contributed by atoms with E-state index >= 15 is 0 Å². The second-order valence-corrected chi connectivity index (χ2v) is 1.65. The van der Waals surface area contributed by atoms with E-state index in [9.17, 15) is 8.76 Å². The molecule has 0 radical (unpaired) electrons. The quantitative estimate of drug-likeness (QED) is 0.502. The van der Waals surface area contributed by atoms with E-state index in [0.29, 0.717) is 0 Å². The molecule has 0 rings (SSSR count). The van der Waals surface area contributed by atoms with Gasteiger partial charge in [-0.1, -0.05) is 0 Å². The van der Waals surface area contributed by atoms with Gasteiger partial charge in [-0.25, -0.2) is 0 Å². The summed E-state index contributed by atoms with van der Waals surface area (Å²) < 4.78 is 19.3. The Balaban J connectivity index is 3.26. The van der Waals surface area contributed by atoms with Crippen molar-refractivity contribution in [1.82, 2.24) is 5.32 Å². The Morgan fingerprint density at radius 2 is 2.43 bits per heavy atom. The minimum atomic E-state index is -2.06. The van der Waals surface area contributed by atoms with Gasteiger partial charge in [0.05, 0.1) is 0 Å². The number of rotatable bonds is 2. The number of hydrogen-bond donors (Lipinski definition) is 1. The summed E-state index contributed by atoms with van der Waals surface area (Å²) in [5, 5.41) is 3.55. The highest BCUT2D eigenvalue weighted by atomic mass is 32.2. The first-order chi connectivity index (χ1) is 3.27. The maximum Gasteiger partial charge on any atom is 0.00418 e. The molecule has 7 heavy (non-hydrogen) atoms. The standard InChI is InChI=1S/C3H7NO2S/c1-4-2-3-7(5)6/h2-4H,1H3,(H,5,6)/p-1/b3-2-. The summed E-state index contributed by atoms with van der Waals surface area (Å²) in [6.45, 7) is 0. The zero-order valence-corrected chi connectivity index (χ0v) is 4.70. The summed E-state index contributed by atoms with van der Waals surface area (Å²) in [6, 6.07) is 0. The van der Waals surface area contributed by atoms with E-state index in [1.165, 1.54) is 6.20 Å². The monoisotopic (exact) mass is 120 g/mol. The molecule has 4 heteroatoms. The van der Waals surface area contributed by atoms with Gasteiger partial charge in [-0.05, 0) is 11.1 Å². The third-order valence-corrected chi connectivity index (χ3v) is 0.704. The van der Waals surface area contributed by atoms with Gasteiger partial charge in [0.15, 0.2) is 0 Å². The maximum atomic E-state index is 9.63. The average molecular weight is 120 g/mol. The highest BCUT2D eigenvalue weighted by Crippen LogP contribution is 1.70. The molecule has 0 aliphatic carbocycles. The molecule has 3 nitrogen and oxygen atoms in total. The summed E-state index contributed by atoms with van der Waals surface area (Å²) in [5.41, 5.74) is 0. The largest absolute Gasteiger partial charge is 0.769 e. The second-order valence-electron chi connectivity index (χ2n) is 0.852. The average Bonchev–Trinajstić information content (AvgIpc) is 1.61. The van der Waals surface area contributed by atoms with Crippen molar-refractivity contribution in [2.75, 3.05) is 7.05 Å². The van der Waals surface area contributed by atoms with Gasteiger partial charge in [-0.15, -0.1) is 0 Å². The van der Waals surface area contributed by atoms with E-state index in [2.05, 4.69) is 5.32 Å². The van der Waals surface area contributed by atoms with Gasteiger partial charge in [0.2, 0.25) is 0 Å². The van der Waals surface area contributed by atoms with E-state index in [1.54, 1.807) is 7.05 Å². The van der Waals surface area contributed by atoms with Crippen LogP contribution in [0.3, 0.4) is 0 Å². The Kier molecular flexibility index (Phi) is 3.64. The molecule has 0 heterocycles. The van der Waals surface area contributed by atoms with Crippen LogP contribution in [0.2, 0.25) is 0 Å². The molecular formula is C3H6NO2S-. The molecule has 0 aromatic carbocycles. The van der Waals surface area contributed by atoms with E-state index in [-0.39, 0.29) is 0 Å². The van der Waals surface area contributed by atoms with Crippen molar-refractivity contribution in [3.05, 3.63) is 11.6 Å². The molecule has 0 amide bonds. The fourth-order valence-corrected chi connectivity index (χ4v) is 0.371. The lowest BCUT2D eigenvalue weighted by Gasteiger charge is -1.92. The number of hydrogen-bond acceptors (Lipinski definition) is 3. The van der Waals surface area contributed by atoms with Gasteiger partial charge in [0, 0.05) is 18.7 Å². The third kappa shape index (κ3) is 5.65. The molecule has 0 bridgehead atoms. The Labute approximate surface area is 44.7 Å². The van der Waals surface area contributed by atoms with Crippen LogP contribution in [-0.4, -0.2) is 15.8 Å². The minimum Gasteiger partial charge on any atom is -0.769 e. The lowest BCUT2D eigenvalue weighted by molar-refractivity contribution is 0.546. The molecule has 0 aliphatic heterocycles. The zero-order valence-electron chi connectivity index (χ0n) is 3.88. The Bertz CT molecular complexity index is 90.9. The molecule has 42 valence electrons. The van der Waals surface area contributed by atoms with Crippen molar-refractivity contribution in [2.45, 2.75) is 0 Å². The van der Waals surface area contributed by atoms with Gasteiger partial charge in [0.1, 0.15) is 0 Å². The first-order valence-electron chi connectivity index (χ1n) is 1.69. The topological polar surface area (TPSA) is 52.2 Å². The predicted molar refractivity (Wildman–Crippen MR) is 27.1 cm³/mol. The smallest absolute Gasteiger partial charge is 0.00418 e. The van der Waals surface area contributed by atoms with Crippen LogP contribution in [0.25, 0.3) is 0 Å². The van der Waals surface area contributed by atoms with Gasteiger partial charge in [-0.2, -0.15) is 0 Å². The van der Waals surface area contributed by atoms with Crippen LogP contribution in [0.1, 0.15) is 0 Å². The van der Waals surface area contributed by atoms with Gasteiger partial charge in [0.25, 0.3) is 0 Å². The van der Waals surface area contributed by atoms with E-state index < -0.39 is 11.1 Å². The van der Waals surface area contributed by atoms with Crippen LogP contribution in [0.5, 0.6) is 0 Å². The Morgan fingerprint density at radius 1 is 1.86 bits per heavy atom. The van der Waals surface area contributed by atoms with Crippen molar-refractivity contribution in [3.63, 3.8) is 0 Å². The first kappa shape index (κ1) is 6.65. The lowest BCUT2D eigenvalue weighted by atomic mass is 11.0. The fraction of sp³-hybridized carbons (Fsp3) is 0.333. The van der Waals surface area contributed by atoms with Crippen LogP contribution < -0.4 is 5.32 Å². The highest BCUT2D eigenvalue weighted by Gasteiger charge is 1.62. The summed E-state index contributed by atoms with van der Waals surface area (Å²) in [5.74, 6) is 0. The van der Waals surface area contributed by atoms with Gasteiger partial charge in [-0.3, -0.25) is 4.21 Å². The Morgan fingerprint density at radius 3 is 2.57 bits per heavy atom. The van der Waals surface area contributed by atoms with Crippen LogP contribution in [0.15, 0.2) is 11.6 Å². The van der Waals surface area contributed by atoms with Gasteiger partial charge < -0.3 is 9.87 Å². The molecular weight excluding hydrogens is 114 g/mol. The molecule has 1 unspecified atom stereocenters. The Hall–Kier alpha value is -0.350. The van der Waals surface area contributed by atoms with Crippen LogP contribution in [0.4, 0.5) is 0 Å². The van der Waals surface area contributed by atoms with Crippen molar-refractivity contribution in [2.24, 2.45) is 0 Å². The van der Waals surface area contributed by atoms with Crippen molar-refractivity contribution in [1.29, 1.82) is 0 Å². The molecule has 1 N–H and O–H groups in total. The molecule has 1 atom stereocenters. The molecule has 0 spiro atoms. The van der Waals surface area contributed by atoms with Crippen molar-refractivity contribution in [3.8, 4) is 0 Å². The van der Waals surface area contributed by atoms with E-state index in [4.69, 9.17) is 0 Å². The summed E-state index contributed by atoms with van der Waals surface area (Å²) in [4.78, 5) is 0. The SMILES string of the molecule is CN/C=C\S(=O)[O-]. The maximum absolute atomic E-state index is 9.63. The van der Waals surface area contributed by atoms with Crippen LogP contribution in [-0.2, 0) is 11.1 Å². The molecule has 0 aliphatic rings. The fourth-order valence-electron chi connectivity index (χ4n) is 0.124. The summed E-state index contributed by atoms with van der Waals surface area (Å²) >= 11 is -2.06. The lowest BCUT2D eigenvalue weighted by Crippen LogP contribution is -1.92. The van der Waals surface area contributed by atoms with Crippen molar-refractivity contribution < 1.29 is 8.76 Å². The molecule has 0 aromatic heterocycles. The second kappa shape index (κ2) is 3.83. The zero-order chi connectivity index (χ0) is 5.70. The van der Waals surface area contributed by atoms with Crippen LogP contribution >= 0.6 is 0 Å². The molecule has 0 saturated heterocycles. The minimum absolute atomic E-state index is 1.03. The van der Waals surface area contributed by atoms with Crippen LogP contribution in [0, 0.1) is 0 Å². The molecule has 0 aromatic rings. The van der Waals surface area contributed by atoms with E-state index in [0.717, 1.165) is 5.41 Å². The normalized spacial score (nSPS) is 14.6. The summed E-state index contributed by atoms with van der Waals surface area (Å²) in [6.07, 6.45) is 1.34. The van der Waals surface area contributed by atoms with Crippen molar-refractivity contribution >= 4 is 11.1 Å². The molecule has 0 fully saturated rings. The summed E-state index contributed by atoms with van der Waals surface area (Å²) in [7, 11) is 1.63. The van der Waals surface area contributed by atoms with Gasteiger partial charge >= 0.3 is 0 Å². The first-order valence-corrected chi connectivity index (χ1v) is 2.83. The highest BCUT2D eigenvalue weighted by molar-refractivity contribution is 7.82. The van der Waals surface area contributed by atoms with E-state index in [1.807, 2.05) is 0 Å². The third-order valence-electron chi connectivity index (χ3n) is 0.346. The molecule has 0 saturated carbocycles. The number of nitrogens with one attached hydrogen (secondary N) is 1.